The summed E-state index contributed by atoms with van der Waals surface area (Å²) in [6, 6.07) is 0. The molecule has 1 rings (SSSR count). The second-order valence-corrected chi connectivity index (χ2v) is 6.11. The first-order valence-corrected chi connectivity index (χ1v) is 7.97. The van der Waals surface area contributed by atoms with Crippen LogP contribution in [0, 0.1) is 5.41 Å². The van der Waals surface area contributed by atoms with Crippen LogP contribution in [0.15, 0.2) is 0 Å². The van der Waals surface area contributed by atoms with Crippen molar-refractivity contribution in [3.05, 3.63) is 0 Å². The van der Waals surface area contributed by atoms with Crippen molar-refractivity contribution >= 4 is 11.8 Å². The van der Waals surface area contributed by atoms with Gasteiger partial charge < -0.3 is 14.7 Å². The second-order valence-electron chi connectivity index (χ2n) is 5.13. The molecule has 0 aromatic carbocycles. The number of hydrogen-bond donors (Lipinski definition) is 1. The van der Waals surface area contributed by atoms with Gasteiger partial charge in [0.1, 0.15) is 0 Å². The number of likely N-dealkylation sites (tertiary alicyclic amines) is 1. The van der Waals surface area contributed by atoms with Gasteiger partial charge in [0, 0.05) is 25.7 Å². The second kappa shape index (κ2) is 8.35. The minimum Gasteiger partial charge on any atom is -0.396 e. The molecule has 0 radical (unpaired) electrons. The van der Waals surface area contributed by atoms with E-state index in [2.05, 4.69) is 11.2 Å². The highest BCUT2D eigenvalue weighted by molar-refractivity contribution is 7.98. The van der Waals surface area contributed by atoms with E-state index in [0.717, 1.165) is 26.0 Å². The van der Waals surface area contributed by atoms with Gasteiger partial charge in [-0.3, -0.25) is 0 Å². The van der Waals surface area contributed by atoms with Gasteiger partial charge in [-0.2, -0.15) is 11.8 Å². The van der Waals surface area contributed by atoms with Crippen LogP contribution in [0.1, 0.15) is 25.7 Å². The number of piperidine rings is 1. The normalized spacial score (nSPS) is 26.3. The van der Waals surface area contributed by atoms with Crippen LogP contribution in [0.4, 0.5) is 0 Å². The first-order chi connectivity index (χ1) is 8.26. The molecule has 1 aliphatic heterocycles. The molecule has 0 amide bonds. The maximum Gasteiger partial charge on any atom is 0.0500 e. The van der Waals surface area contributed by atoms with Crippen LogP contribution in [0.25, 0.3) is 0 Å². The molecule has 1 heterocycles. The third-order valence-electron chi connectivity index (χ3n) is 3.74. The molecule has 4 heteroatoms. The molecule has 1 atom stereocenters. The first kappa shape index (κ1) is 15.3. The standard InChI is InChI=1S/C13H27NO2S/c1-16-9-6-13(12-15)5-3-7-14(11-13)8-4-10-17-2/h15H,3-12H2,1-2H3. The number of thioether (sulfide) groups is 1. The van der Waals surface area contributed by atoms with Gasteiger partial charge in [-0.05, 0) is 50.8 Å². The molecular weight excluding hydrogens is 234 g/mol. The Hall–Kier alpha value is 0.230. The van der Waals surface area contributed by atoms with Crippen LogP contribution in [0.5, 0.6) is 0 Å². The Balaban J connectivity index is 2.38. The largest absolute Gasteiger partial charge is 0.396 e. The Morgan fingerprint density at radius 2 is 2.29 bits per heavy atom. The van der Waals surface area contributed by atoms with Crippen molar-refractivity contribution in [2.24, 2.45) is 5.41 Å². The molecule has 1 aliphatic rings. The molecule has 0 aromatic heterocycles. The predicted molar refractivity (Wildman–Crippen MR) is 74.7 cm³/mol. The van der Waals surface area contributed by atoms with Gasteiger partial charge >= 0.3 is 0 Å². The van der Waals surface area contributed by atoms with E-state index in [1.54, 1.807) is 7.11 Å². The number of methoxy groups -OCH3 is 1. The zero-order chi connectivity index (χ0) is 12.6. The minimum atomic E-state index is 0.0909. The number of rotatable bonds is 8. The van der Waals surface area contributed by atoms with Crippen molar-refractivity contribution < 1.29 is 9.84 Å². The smallest absolute Gasteiger partial charge is 0.0500 e. The van der Waals surface area contributed by atoms with Crippen molar-refractivity contribution in [3.63, 3.8) is 0 Å². The van der Waals surface area contributed by atoms with Gasteiger partial charge in [0.25, 0.3) is 0 Å². The van der Waals surface area contributed by atoms with Crippen LogP contribution in [-0.4, -0.2) is 62.0 Å². The lowest BCUT2D eigenvalue weighted by molar-refractivity contribution is 0.00775. The number of aliphatic hydroxyl groups excluding tert-OH is 1. The quantitative estimate of drug-likeness (QED) is 0.676. The maximum atomic E-state index is 9.67. The van der Waals surface area contributed by atoms with Gasteiger partial charge in [0.15, 0.2) is 0 Å². The van der Waals surface area contributed by atoms with Gasteiger partial charge in [0.05, 0.1) is 6.61 Å². The highest BCUT2D eigenvalue weighted by Gasteiger charge is 2.34. The molecule has 0 spiro atoms. The van der Waals surface area contributed by atoms with Crippen molar-refractivity contribution in [2.45, 2.75) is 25.7 Å². The lowest BCUT2D eigenvalue weighted by atomic mass is 9.78. The van der Waals surface area contributed by atoms with Crippen LogP contribution in [0.2, 0.25) is 0 Å². The Labute approximate surface area is 110 Å². The molecule has 1 N–H and O–H groups in total. The van der Waals surface area contributed by atoms with E-state index in [-0.39, 0.29) is 5.41 Å². The van der Waals surface area contributed by atoms with Gasteiger partial charge in [0.2, 0.25) is 0 Å². The molecule has 0 aliphatic carbocycles. The molecule has 0 aromatic rings. The molecule has 1 fully saturated rings. The molecule has 3 nitrogen and oxygen atoms in total. The summed E-state index contributed by atoms with van der Waals surface area (Å²) < 4.78 is 5.17. The number of ether oxygens (including phenoxy) is 1. The molecule has 0 saturated carbocycles. The molecule has 1 unspecified atom stereocenters. The monoisotopic (exact) mass is 261 g/mol. The summed E-state index contributed by atoms with van der Waals surface area (Å²) in [7, 11) is 1.74. The molecular formula is C13H27NO2S. The summed E-state index contributed by atoms with van der Waals surface area (Å²) in [4.78, 5) is 2.52. The summed E-state index contributed by atoms with van der Waals surface area (Å²) >= 11 is 1.91. The minimum absolute atomic E-state index is 0.0909. The highest BCUT2D eigenvalue weighted by atomic mass is 32.2. The molecule has 0 bridgehead atoms. The third-order valence-corrected chi connectivity index (χ3v) is 4.43. The summed E-state index contributed by atoms with van der Waals surface area (Å²) in [5.41, 5.74) is 0.0909. The van der Waals surface area contributed by atoms with Crippen molar-refractivity contribution in [1.29, 1.82) is 0 Å². The lowest BCUT2D eigenvalue weighted by Gasteiger charge is -2.42. The Morgan fingerprint density at radius 1 is 1.47 bits per heavy atom. The van der Waals surface area contributed by atoms with E-state index < -0.39 is 0 Å². The average Bonchev–Trinajstić information content (AvgIpc) is 2.37. The fourth-order valence-corrected chi connectivity index (χ4v) is 3.08. The Kier molecular flexibility index (Phi) is 7.51. The summed E-state index contributed by atoms with van der Waals surface area (Å²) in [5, 5.41) is 9.67. The summed E-state index contributed by atoms with van der Waals surface area (Å²) in [6.07, 6.45) is 6.76. The van der Waals surface area contributed by atoms with Crippen LogP contribution in [0.3, 0.4) is 0 Å². The maximum absolute atomic E-state index is 9.67. The molecule has 1 saturated heterocycles. The van der Waals surface area contributed by atoms with Crippen LogP contribution >= 0.6 is 11.8 Å². The third kappa shape index (κ3) is 5.16. The number of aliphatic hydroxyl groups is 1. The summed E-state index contributed by atoms with van der Waals surface area (Å²) in [5.74, 6) is 1.24. The van der Waals surface area contributed by atoms with Crippen molar-refractivity contribution in [3.8, 4) is 0 Å². The van der Waals surface area contributed by atoms with E-state index in [1.165, 1.54) is 31.7 Å². The van der Waals surface area contributed by atoms with Gasteiger partial charge in [-0.25, -0.2) is 0 Å². The zero-order valence-electron chi connectivity index (χ0n) is 11.3. The van der Waals surface area contributed by atoms with Crippen molar-refractivity contribution in [2.75, 3.05) is 52.0 Å². The number of nitrogens with zero attached hydrogens (tertiary/aromatic N) is 1. The topological polar surface area (TPSA) is 32.7 Å². The average molecular weight is 261 g/mol. The summed E-state index contributed by atoms with van der Waals surface area (Å²) in [6.45, 7) is 4.48. The molecule has 17 heavy (non-hydrogen) atoms. The van der Waals surface area contributed by atoms with E-state index in [1.807, 2.05) is 11.8 Å². The van der Waals surface area contributed by atoms with Crippen molar-refractivity contribution in [1.82, 2.24) is 4.90 Å². The van der Waals surface area contributed by atoms with Gasteiger partial charge in [-0.15, -0.1) is 0 Å². The van der Waals surface area contributed by atoms with E-state index in [4.69, 9.17) is 4.74 Å². The number of hydrogen-bond acceptors (Lipinski definition) is 4. The van der Waals surface area contributed by atoms with E-state index in [0.29, 0.717) is 6.61 Å². The fourth-order valence-electron chi connectivity index (χ4n) is 2.66. The van der Waals surface area contributed by atoms with Crippen LogP contribution < -0.4 is 0 Å². The van der Waals surface area contributed by atoms with Gasteiger partial charge in [-0.1, -0.05) is 0 Å². The Morgan fingerprint density at radius 3 is 2.94 bits per heavy atom. The SMILES string of the molecule is COCCC1(CO)CCCN(CCCSC)C1. The Bertz CT molecular complexity index is 204. The highest BCUT2D eigenvalue weighted by Crippen LogP contribution is 2.33. The predicted octanol–water partition coefficient (Wildman–Crippen LogP) is 1.85. The van der Waals surface area contributed by atoms with Crippen LogP contribution in [-0.2, 0) is 4.74 Å². The fraction of sp³-hybridized carbons (Fsp3) is 1.00. The molecule has 102 valence electrons. The van der Waals surface area contributed by atoms with E-state index in [9.17, 15) is 5.11 Å². The lowest BCUT2D eigenvalue weighted by Crippen LogP contribution is -2.46. The van der Waals surface area contributed by atoms with E-state index >= 15 is 0 Å². The first-order valence-electron chi connectivity index (χ1n) is 6.57. The zero-order valence-corrected chi connectivity index (χ0v) is 12.1.